The van der Waals surface area contributed by atoms with Crippen LogP contribution in [0.15, 0.2) is 36.4 Å². The second kappa shape index (κ2) is 27.4. The number of nitrogens with one attached hydrogen (secondary N) is 1. The first-order valence-electron chi connectivity index (χ1n) is 26.7. The lowest BCUT2D eigenvalue weighted by molar-refractivity contribution is -0.405. The van der Waals surface area contributed by atoms with Crippen molar-refractivity contribution in [2.45, 2.75) is 197 Å². The second-order valence-electron chi connectivity index (χ2n) is 21.1. The first kappa shape index (κ1) is 64.2. The van der Waals surface area contributed by atoms with Gasteiger partial charge in [0.15, 0.2) is 37.7 Å². The van der Waals surface area contributed by atoms with Gasteiger partial charge in [0.2, 0.25) is 0 Å². The van der Waals surface area contributed by atoms with Crippen molar-refractivity contribution in [3.05, 3.63) is 42.0 Å². The molecule has 0 saturated carbocycles. The number of hydrogen-bond acceptors (Lipinski definition) is 32. The molecule has 1 amide bonds. The first-order chi connectivity index (χ1) is 39.7. The van der Waals surface area contributed by atoms with Crippen molar-refractivity contribution in [2.24, 2.45) is 0 Å². The number of benzene rings is 2. The molecule has 470 valence electrons. The van der Waals surface area contributed by atoms with E-state index in [2.05, 4.69) is 5.48 Å². The maximum atomic E-state index is 13.9. The van der Waals surface area contributed by atoms with Crippen molar-refractivity contribution < 1.29 is 158 Å². The van der Waals surface area contributed by atoms with Crippen molar-refractivity contribution in [1.82, 2.24) is 5.48 Å². The molecule has 12 bridgehead atoms. The number of amides is 1. The summed E-state index contributed by atoms with van der Waals surface area (Å²) in [6.45, 7) is -4.70. The number of carbonyl (C=O) groups excluding carboxylic acids is 1. The molecule has 18 N–H and O–H groups in total. The topological polar surface area (TPSA) is 502 Å². The summed E-state index contributed by atoms with van der Waals surface area (Å²) in [4.78, 5) is 19.8. The summed E-state index contributed by atoms with van der Waals surface area (Å²) < 4.78 is 75.1. The molecule has 22 aliphatic heterocycles. The highest BCUT2D eigenvalue weighted by atomic mass is 16.8. The zero-order valence-electron chi connectivity index (χ0n) is 44.3. The minimum Gasteiger partial charge on any atom is -0.497 e. The van der Waals surface area contributed by atoms with E-state index in [4.69, 9.17) is 66.4 Å². The lowest BCUT2D eigenvalue weighted by atomic mass is 9.94. The lowest BCUT2D eigenvalue weighted by Crippen LogP contribution is -2.69. The monoisotopic (exact) mass is 1200 g/mol. The van der Waals surface area contributed by atoms with Crippen LogP contribution in [0.4, 0.5) is 0 Å². The molecule has 0 aromatic heterocycles. The Morgan fingerprint density at radius 1 is 0.410 bits per heavy atom. The molecule has 22 fully saturated rings. The Kier molecular flexibility index (Phi) is 21.2. The third kappa shape index (κ3) is 12.9. The number of aliphatic hydroxyl groups excluding tert-OH is 17. The van der Waals surface area contributed by atoms with Crippen LogP contribution < -0.4 is 10.2 Å². The van der Waals surface area contributed by atoms with Crippen molar-refractivity contribution in [3.8, 4) is 5.75 Å². The highest BCUT2D eigenvalue weighted by Crippen LogP contribution is 2.39. The Bertz CT molecular complexity index is 2410. The van der Waals surface area contributed by atoms with E-state index in [1.165, 1.54) is 14.0 Å². The Morgan fingerprint density at radius 3 is 1.02 bits per heavy atom. The van der Waals surface area contributed by atoms with Gasteiger partial charge in [0.1, 0.15) is 152 Å². The normalized spacial score (nSPS) is 46.7. The molecule has 24 rings (SSSR count). The molecule has 22 heterocycles. The Morgan fingerprint density at radius 2 is 0.699 bits per heavy atom. The molecule has 83 heavy (non-hydrogen) atoms. The average Bonchev–Trinajstić information content (AvgIpc) is 3.37. The lowest BCUT2D eigenvalue weighted by Gasteiger charge is -2.51. The number of rotatable bonds is 11. The zero-order valence-corrected chi connectivity index (χ0v) is 44.3. The van der Waals surface area contributed by atoms with Crippen molar-refractivity contribution in [2.75, 3.05) is 46.8 Å². The van der Waals surface area contributed by atoms with Crippen LogP contribution in [0.25, 0.3) is 10.8 Å². The predicted molar refractivity (Wildman–Crippen MR) is 262 cm³/mol. The van der Waals surface area contributed by atoms with Crippen LogP contribution in [0.5, 0.6) is 5.75 Å². The number of aliphatic hydroxyl groups is 17. The molecular formula is C50H73NO32. The van der Waals surface area contributed by atoms with E-state index in [-0.39, 0.29) is 0 Å². The fraction of sp³-hybridized carbons (Fsp3) is 0.780. The Balaban J connectivity index is 1.03. The van der Waals surface area contributed by atoms with Gasteiger partial charge in [0.25, 0.3) is 5.91 Å². The van der Waals surface area contributed by atoms with Gasteiger partial charge in [-0.25, -0.2) is 5.48 Å². The quantitative estimate of drug-likeness (QED) is 0.0929. The van der Waals surface area contributed by atoms with Gasteiger partial charge in [0, 0.05) is 0 Å². The summed E-state index contributed by atoms with van der Waals surface area (Å²) in [6.07, 6.45) is -59.9. The van der Waals surface area contributed by atoms with Crippen molar-refractivity contribution >= 4 is 16.7 Å². The molecule has 0 spiro atoms. The number of ether oxygens (including phenoxy) is 13. The van der Waals surface area contributed by atoms with Crippen molar-refractivity contribution in [1.29, 1.82) is 0 Å². The minimum absolute atomic E-state index is 0.492. The van der Waals surface area contributed by atoms with Crippen LogP contribution in [-0.2, 0) is 66.5 Å². The molecular weight excluding hydrogens is 1130 g/mol. The number of hydroxylamine groups is 1. The molecule has 33 nitrogen and oxygen atoms in total. The molecule has 22 aliphatic rings. The molecule has 31 atom stereocenters. The smallest absolute Gasteiger partial charge is 0.250 e. The van der Waals surface area contributed by atoms with Gasteiger partial charge in [0.05, 0.1) is 52.7 Å². The van der Waals surface area contributed by atoms with Gasteiger partial charge in [-0.3, -0.25) is 9.63 Å². The molecule has 2 aromatic carbocycles. The number of methoxy groups -OCH3 is 1. The molecule has 0 aliphatic carbocycles. The Labute approximate surface area is 470 Å². The largest absolute Gasteiger partial charge is 0.497 e. The van der Waals surface area contributed by atoms with E-state index in [0.29, 0.717) is 11.3 Å². The van der Waals surface area contributed by atoms with Gasteiger partial charge in [-0.1, -0.05) is 24.3 Å². The van der Waals surface area contributed by atoms with Crippen LogP contribution in [0.1, 0.15) is 18.4 Å². The van der Waals surface area contributed by atoms with E-state index < -0.39 is 236 Å². The average molecular weight is 1200 g/mol. The standard InChI is InChI=1S/C50H73NO32/c1-15(16-3-4-18-8-19(70-2)6-5-17(18)7-16)44(69)51-83-43-36(68)50-76-25(14-57)42(43)82-49-35(67)30(62)40(23(12-55)75-49)80-47-33(65)28(60)38(21(10-53)73-47)78-45-31(63)26(58)37(20(9-52)71-45)77-46-32(64)27(59)39(22(11-54)72-46)79-48-34(66)29(61)41(81-50)24(13-56)74-48/h3-8,15,20-43,45-50,52-68H,9-14H2,1-2H3,(H,51,69)/t15?,20-,21-,22-,23-,24-,25-,26-,27-,28-,29-,30-,31-,32-,33-,34-,35-,36-,37-,38-,39-,40-,41-,42+,43-,45-,46-,47-,48-,49-,50-/m1/s1. The van der Waals surface area contributed by atoms with Crippen LogP contribution in [-0.4, -0.2) is 324 Å². The van der Waals surface area contributed by atoms with Gasteiger partial charge in [-0.15, -0.1) is 0 Å². The summed E-state index contributed by atoms with van der Waals surface area (Å²) >= 11 is 0. The SMILES string of the molecule is COc1ccc2cc(C(C)C(=O)NO[C@@H]3[C@@H](O)[C@H]4O[C@H]5[C@H](O)[C@@H](O)[C@@H](O[C@H]6[C@H](O)[C@@H](O)[C@@H](O[C@H]7[C@H](O)[C@@H](O)[C@@H](O[C@H]8[C@H](O)[C@@H](O)[C@@H](O[C@H]9[C@H](O)[C@@H](O)[C@@H](O[C@H]3[C@@H](CO)O4)O[C@@H]9CO)O[C@@H]8CO)O[C@@H]7CO)O[C@@H]6CO)O[C@@H]5CO)ccc2c1. The van der Waals surface area contributed by atoms with Gasteiger partial charge < -0.3 is 148 Å². The highest BCUT2D eigenvalue weighted by Gasteiger charge is 2.59. The van der Waals surface area contributed by atoms with Crippen molar-refractivity contribution in [3.63, 3.8) is 0 Å². The van der Waals surface area contributed by atoms with Gasteiger partial charge in [-0.2, -0.15) is 0 Å². The minimum atomic E-state index is -2.23. The van der Waals surface area contributed by atoms with E-state index >= 15 is 0 Å². The maximum absolute atomic E-state index is 13.9. The fourth-order valence-electron chi connectivity index (χ4n) is 11.1. The molecule has 22 saturated heterocycles. The number of hydrogen-bond donors (Lipinski definition) is 18. The van der Waals surface area contributed by atoms with Crippen LogP contribution in [0, 0.1) is 0 Å². The highest BCUT2D eigenvalue weighted by molar-refractivity contribution is 5.88. The summed E-state index contributed by atoms with van der Waals surface area (Å²) in [5.74, 6) is -1.20. The molecule has 1 unspecified atom stereocenters. The summed E-state index contributed by atoms with van der Waals surface area (Å²) in [6, 6.07) is 10.4. The summed E-state index contributed by atoms with van der Waals surface area (Å²) in [5.41, 5.74) is 2.75. The van der Waals surface area contributed by atoms with Crippen LogP contribution in [0.3, 0.4) is 0 Å². The first-order valence-corrected chi connectivity index (χ1v) is 26.7. The zero-order chi connectivity index (χ0) is 59.9. The third-order valence-electron chi connectivity index (χ3n) is 15.9. The molecule has 0 radical (unpaired) electrons. The third-order valence-corrected chi connectivity index (χ3v) is 15.9. The maximum Gasteiger partial charge on any atom is 0.250 e. The van der Waals surface area contributed by atoms with E-state index in [1.807, 2.05) is 0 Å². The summed E-state index contributed by atoms with van der Waals surface area (Å²) in [5, 5.41) is 191. The summed E-state index contributed by atoms with van der Waals surface area (Å²) in [7, 11) is 1.51. The van der Waals surface area contributed by atoms with Gasteiger partial charge in [-0.05, 0) is 35.4 Å². The van der Waals surface area contributed by atoms with E-state index in [9.17, 15) is 91.6 Å². The predicted octanol–water partition coefficient (Wildman–Crippen LogP) is -10.0. The van der Waals surface area contributed by atoms with Crippen LogP contribution in [0.2, 0.25) is 0 Å². The number of carbonyl (C=O) groups is 1. The molecule has 33 heteroatoms. The second-order valence-corrected chi connectivity index (χ2v) is 21.1. The fourth-order valence-corrected chi connectivity index (χ4v) is 11.1. The van der Waals surface area contributed by atoms with Gasteiger partial charge >= 0.3 is 0 Å². The van der Waals surface area contributed by atoms with E-state index in [0.717, 1.165) is 10.8 Å². The molecule has 2 aromatic rings. The Hall–Kier alpha value is -3.23. The number of fused-ring (bicyclic) bond motifs is 1. The van der Waals surface area contributed by atoms with Crippen LogP contribution >= 0.6 is 0 Å². The van der Waals surface area contributed by atoms with E-state index in [1.54, 1.807) is 36.4 Å².